The van der Waals surface area contributed by atoms with E-state index in [1.165, 1.54) is 53.1 Å². The lowest BCUT2D eigenvalue weighted by atomic mass is 9.88. The molecular formula is C55H36F51NO3. The minimum absolute atomic E-state index is 0.105. The van der Waals surface area contributed by atoms with E-state index in [1.807, 2.05) is 0 Å². The van der Waals surface area contributed by atoms with E-state index in [9.17, 15) is 224 Å². The number of ether oxygens (including phenoxy) is 3. The zero-order valence-electron chi connectivity index (χ0n) is 51.9. The van der Waals surface area contributed by atoms with Crippen LogP contribution in [0.15, 0.2) is 60.7 Å². The maximum atomic E-state index is 14.9. The number of para-hydroxylation sites is 2. The first-order valence-corrected chi connectivity index (χ1v) is 28.6. The number of rotatable bonds is 38. The number of aromatic nitrogens is 1. The first-order chi connectivity index (χ1) is 48.5. The van der Waals surface area contributed by atoms with Gasteiger partial charge in [0.1, 0.15) is 0 Å². The predicted molar refractivity (Wildman–Crippen MR) is 265 cm³/mol. The summed E-state index contributed by atoms with van der Waals surface area (Å²) in [7, 11) is 0. The molecule has 0 amide bonds. The second-order valence-electron chi connectivity index (χ2n) is 23.4. The third kappa shape index (κ3) is 14.7. The van der Waals surface area contributed by atoms with E-state index in [1.54, 1.807) is 0 Å². The highest BCUT2D eigenvalue weighted by Crippen LogP contribution is 2.69. The summed E-state index contributed by atoms with van der Waals surface area (Å²) in [6.45, 7) is -5.97. The molecular weight excluding hydrogens is 1690 g/mol. The Bertz CT molecular complexity index is 3630. The minimum Gasteiger partial charge on any atom is -0.490 e. The summed E-state index contributed by atoms with van der Waals surface area (Å²) >= 11 is 0. The van der Waals surface area contributed by atoms with Crippen LogP contribution in [0.4, 0.5) is 224 Å². The second-order valence-corrected chi connectivity index (χ2v) is 23.4. The highest BCUT2D eigenvalue weighted by Gasteiger charge is 2.98. The molecule has 0 bridgehead atoms. The van der Waals surface area contributed by atoms with Crippen LogP contribution in [0.3, 0.4) is 0 Å². The van der Waals surface area contributed by atoms with E-state index in [-0.39, 0.29) is 21.8 Å². The van der Waals surface area contributed by atoms with E-state index in [4.69, 9.17) is 14.2 Å². The lowest BCUT2D eigenvalue weighted by Gasteiger charge is -2.42. The summed E-state index contributed by atoms with van der Waals surface area (Å²) < 4.78 is 727. The Balaban J connectivity index is 1.84. The molecule has 0 fully saturated rings. The van der Waals surface area contributed by atoms with Crippen molar-refractivity contribution in [2.24, 2.45) is 0 Å². The molecule has 1 aromatic heterocycles. The predicted octanol–water partition coefficient (Wildman–Crippen LogP) is 24.5. The number of alkyl halides is 51. The zero-order chi connectivity index (χ0) is 86.6. The average Bonchev–Trinajstić information content (AvgIpc) is 0.877. The Morgan fingerprint density at radius 3 is 0.655 bits per heavy atom. The summed E-state index contributed by atoms with van der Waals surface area (Å²) in [6.07, 6.45) is -45.5. The van der Waals surface area contributed by atoms with Crippen molar-refractivity contribution < 1.29 is 238 Å². The summed E-state index contributed by atoms with van der Waals surface area (Å²) in [5, 5.41) is 0.553. The molecule has 4 aromatic rings. The maximum absolute atomic E-state index is 14.9. The van der Waals surface area contributed by atoms with Crippen molar-refractivity contribution in [3.05, 3.63) is 66.2 Å². The molecule has 3 aromatic carbocycles. The van der Waals surface area contributed by atoms with Gasteiger partial charge in [-0.25, -0.2) is 0 Å². The third-order valence-electron chi connectivity index (χ3n) is 15.9. The fourth-order valence-corrected chi connectivity index (χ4v) is 9.38. The maximum Gasteiger partial charge on any atom is 0.460 e. The molecule has 636 valence electrons. The molecule has 0 atom stereocenters. The number of unbranched alkanes of at least 4 members (excludes halogenated alkanes) is 3. The Morgan fingerprint density at radius 2 is 0.427 bits per heavy atom. The van der Waals surface area contributed by atoms with Crippen molar-refractivity contribution in [3.63, 3.8) is 0 Å². The largest absolute Gasteiger partial charge is 0.490 e. The van der Waals surface area contributed by atoms with Crippen molar-refractivity contribution in [2.45, 2.75) is 207 Å². The SMILES string of the molecule is FC(F)(F)C(F)(F)C(F)(F)C(F)(F)C(F)(F)C(F)(F)C(F)(F)C(F)(F)CCCCOc1cc(Cn2c3ccccc3c3ccccc32)cc(OCCCCC(F)(F)C(F)(F)C(F)(F)C(F)(F)C(F)(F)C(F)(F)C(F)(F)C(F)(F)F)c1OCCCCC(F)(F)C(F)(F)C(F)(F)C(F)(F)C(F)(F)C(F)(F)C(F)(F)C(F)(F)F. The lowest BCUT2D eigenvalue weighted by Crippen LogP contribution is -2.74. The fraction of sp³-hybridized carbons (Fsp3) is 0.673. The topological polar surface area (TPSA) is 32.6 Å². The Kier molecular flexibility index (Phi) is 25.2. The molecule has 0 unspecified atom stereocenters. The molecule has 0 spiro atoms. The molecule has 0 saturated heterocycles. The van der Waals surface area contributed by atoms with Crippen molar-refractivity contribution in [2.75, 3.05) is 19.8 Å². The van der Waals surface area contributed by atoms with Crippen LogP contribution in [-0.2, 0) is 6.54 Å². The highest BCUT2D eigenvalue weighted by atomic mass is 19.5. The number of fused-ring (bicyclic) bond motifs is 3. The Labute approximate surface area is 575 Å². The monoisotopic (exact) mass is 1730 g/mol. The molecule has 55 heteroatoms. The first-order valence-electron chi connectivity index (χ1n) is 28.6. The molecule has 0 radical (unpaired) electrons. The first kappa shape index (κ1) is 95.7. The van der Waals surface area contributed by atoms with E-state index < -0.39 is 250 Å². The number of benzene rings is 3. The highest BCUT2D eigenvalue weighted by molar-refractivity contribution is 6.08. The number of halogens is 51. The van der Waals surface area contributed by atoms with Gasteiger partial charge in [-0.1, -0.05) is 36.4 Å². The fourth-order valence-electron chi connectivity index (χ4n) is 9.38. The normalized spacial score (nSPS) is 15.7. The van der Waals surface area contributed by atoms with Gasteiger partial charge >= 0.3 is 143 Å². The van der Waals surface area contributed by atoms with Gasteiger partial charge in [-0.3, -0.25) is 0 Å². The van der Waals surface area contributed by atoms with E-state index in [0.717, 1.165) is 0 Å². The summed E-state index contributed by atoms with van der Waals surface area (Å²) in [4.78, 5) is 0. The smallest absolute Gasteiger partial charge is 0.460 e. The van der Waals surface area contributed by atoms with E-state index in [0.29, 0.717) is 12.1 Å². The Hall–Kier alpha value is -6.71. The van der Waals surface area contributed by atoms with Gasteiger partial charge in [-0.2, -0.15) is 224 Å². The third-order valence-corrected chi connectivity index (χ3v) is 15.9. The molecule has 4 nitrogen and oxygen atoms in total. The van der Waals surface area contributed by atoms with Gasteiger partial charge in [0.15, 0.2) is 11.5 Å². The summed E-state index contributed by atoms with van der Waals surface area (Å²) in [6, 6.07) is 11.7. The van der Waals surface area contributed by atoms with Gasteiger partial charge in [-0.15, -0.1) is 0 Å². The van der Waals surface area contributed by atoms with Crippen LogP contribution in [0.2, 0.25) is 0 Å². The quantitative estimate of drug-likeness (QED) is 0.0331. The Morgan fingerprint density at radius 1 is 0.227 bits per heavy atom. The van der Waals surface area contributed by atoms with Gasteiger partial charge in [0.25, 0.3) is 0 Å². The van der Waals surface area contributed by atoms with Crippen LogP contribution in [-0.4, -0.2) is 167 Å². The molecule has 0 aliphatic carbocycles. The van der Waals surface area contributed by atoms with Crippen LogP contribution in [0.5, 0.6) is 17.2 Å². The van der Waals surface area contributed by atoms with Gasteiger partial charge in [0.05, 0.1) is 19.8 Å². The number of hydrogen-bond acceptors (Lipinski definition) is 3. The van der Waals surface area contributed by atoms with E-state index >= 15 is 0 Å². The zero-order valence-corrected chi connectivity index (χ0v) is 51.9. The van der Waals surface area contributed by atoms with Gasteiger partial charge < -0.3 is 18.8 Å². The van der Waals surface area contributed by atoms with Crippen LogP contribution in [0.25, 0.3) is 21.8 Å². The molecule has 0 aliphatic rings. The number of hydrogen-bond donors (Lipinski definition) is 0. The average molecular weight is 1730 g/mol. The van der Waals surface area contributed by atoms with Gasteiger partial charge in [-0.05, 0) is 68.4 Å². The molecule has 110 heavy (non-hydrogen) atoms. The van der Waals surface area contributed by atoms with Gasteiger partial charge in [0.2, 0.25) is 5.75 Å². The number of nitrogens with zero attached hydrogens (tertiary/aromatic N) is 1. The van der Waals surface area contributed by atoms with Crippen molar-refractivity contribution in [1.82, 2.24) is 4.57 Å². The lowest BCUT2D eigenvalue weighted by molar-refractivity contribution is -0.461. The van der Waals surface area contributed by atoms with Crippen molar-refractivity contribution >= 4 is 21.8 Å². The second kappa shape index (κ2) is 29.0. The van der Waals surface area contributed by atoms with Gasteiger partial charge in [0, 0.05) is 47.6 Å². The minimum atomic E-state index is -9.12. The molecule has 0 saturated carbocycles. The molecule has 0 N–H and O–H groups in total. The van der Waals surface area contributed by atoms with Crippen LogP contribution in [0.1, 0.15) is 63.4 Å². The standard InChI is InChI=1S/C55H36F51NO3/c56-32(57,35(62,63)38(68,69)41(74,75)44(80,81)47(86,87)50(92,93)53(98,99)100)15-5-8-18-108-29-21-24(23-107-27-13-3-1-11-25(27)26-12-2-4-14-28(26)107)22-30(109-19-9-6-16-33(58,59)36(64,65)39(70,71)42(76,77)45(82,83)48(88,89)51(94,95)54(101,102)103)31(29)110-20-10-7-17-34(60,61)37(66,67)40(72,73)43(78,79)46(84,85)49(90,91)52(96,97)55(104,105)106/h1-4,11-14,21-22H,5-10,15-20,23H2. The molecule has 1 heterocycles. The van der Waals surface area contributed by atoms with Crippen molar-refractivity contribution in [1.29, 1.82) is 0 Å². The van der Waals surface area contributed by atoms with E-state index in [2.05, 4.69) is 0 Å². The van der Waals surface area contributed by atoms with Crippen LogP contribution in [0, 0.1) is 0 Å². The van der Waals surface area contributed by atoms with Crippen LogP contribution >= 0.6 is 0 Å². The summed E-state index contributed by atoms with van der Waals surface area (Å²) in [5.41, 5.74) is -0.353. The summed E-state index contributed by atoms with van der Waals surface area (Å²) in [5.74, 6) is -184. The van der Waals surface area contributed by atoms with Crippen molar-refractivity contribution in [3.8, 4) is 17.2 Å². The van der Waals surface area contributed by atoms with Crippen LogP contribution < -0.4 is 14.2 Å². The molecule has 4 rings (SSSR count). The molecule has 0 aliphatic heterocycles.